The molecule has 196 valence electrons. The van der Waals surface area contributed by atoms with E-state index in [0.29, 0.717) is 6.54 Å². The van der Waals surface area contributed by atoms with Crippen LogP contribution in [-0.4, -0.2) is 66.0 Å². The number of fused-ring (bicyclic) bond motifs is 1. The summed E-state index contributed by atoms with van der Waals surface area (Å²) in [5.41, 5.74) is 2.20. The Balaban J connectivity index is 1.34. The number of nitrogens with one attached hydrogen (secondary N) is 1. The Morgan fingerprint density at radius 3 is 2.56 bits per heavy atom. The average molecular weight is 537 g/mol. The minimum absolute atomic E-state index is 0.0257. The zero-order valence-corrected chi connectivity index (χ0v) is 22.7. The second-order valence-electron chi connectivity index (χ2n) is 10.8. The van der Waals surface area contributed by atoms with E-state index in [4.69, 9.17) is 32.7 Å². The maximum atomic E-state index is 12.1. The Morgan fingerprint density at radius 2 is 1.92 bits per heavy atom. The van der Waals surface area contributed by atoms with Gasteiger partial charge in [-0.1, -0.05) is 44.0 Å². The number of carbonyl (C=O) groups is 1. The summed E-state index contributed by atoms with van der Waals surface area (Å²) in [4.78, 5) is 14.3. The maximum absolute atomic E-state index is 12.1. The lowest BCUT2D eigenvalue weighted by Crippen LogP contribution is -2.49. The van der Waals surface area contributed by atoms with Gasteiger partial charge in [-0.05, 0) is 29.2 Å². The number of aliphatic hydroxyl groups excluding tert-OH is 1. The minimum Gasteiger partial charge on any atom is -0.506 e. The lowest BCUT2D eigenvalue weighted by Gasteiger charge is -2.39. The second-order valence-corrected chi connectivity index (χ2v) is 11.6. The van der Waals surface area contributed by atoms with Crippen molar-refractivity contribution in [1.82, 2.24) is 10.2 Å². The third kappa shape index (κ3) is 5.70. The number of phenols is 1. The van der Waals surface area contributed by atoms with Crippen LogP contribution in [-0.2, 0) is 11.8 Å². The molecule has 2 aliphatic heterocycles. The van der Waals surface area contributed by atoms with Crippen LogP contribution in [0.25, 0.3) is 0 Å². The van der Waals surface area contributed by atoms with Gasteiger partial charge < -0.3 is 29.9 Å². The molecule has 2 heterocycles. The molecule has 2 aliphatic rings. The van der Waals surface area contributed by atoms with Gasteiger partial charge in [-0.2, -0.15) is 0 Å². The number of rotatable bonds is 6. The number of phenolic OH excluding ortho intramolecular Hbond substituents is 1. The summed E-state index contributed by atoms with van der Waals surface area (Å²) in [5, 5.41) is 23.9. The summed E-state index contributed by atoms with van der Waals surface area (Å²) in [6.07, 6.45) is 1.76. The van der Waals surface area contributed by atoms with Gasteiger partial charge in [0.15, 0.2) is 0 Å². The molecule has 0 bridgehead atoms. The third-order valence-electron chi connectivity index (χ3n) is 6.96. The highest BCUT2D eigenvalue weighted by atomic mass is 35.5. The van der Waals surface area contributed by atoms with Gasteiger partial charge in [0.2, 0.25) is 0 Å². The Kier molecular flexibility index (Phi) is 7.68. The number of hydrogen-bond acceptors (Lipinski definition) is 6. The number of likely N-dealkylation sites (tertiary alicyclic amines) is 1. The predicted molar refractivity (Wildman–Crippen MR) is 141 cm³/mol. The number of halogens is 2. The first-order valence-electron chi connectivity index (χ1n) is 12.2. The van der Waals surface area contributed by atoms with E-state index in [9.17, 15) is 15.0 Å². The fourth-order valence-corrected chi connectivity index (χ4v) is 5.40. The Morgan fingerprint density at radius 1 is 1.22 bits per heavy atom. The Bertz CT molecular complexity index is 1140. The van der Waals surface area contributed by atoms with Gasteiger partial charge in [0.05, 0.1) is 10.6 Å². The molecule has 2 aromatic carbocycles. The number of ether oxygens (including phenoxy) is 2. The van der Waals surface area contributed by atoms with Crippen molar-refractivity contribution in [3.63, 3.8) is 0 Å². The normalized spacial score (nSPS) is 18.0. The predicted octanol–water partition coefficient (Wildman–Crippen LogP) is 4.57. The smallest absolute Gasteiger partial charge is 0.254 e. The summed E-state index contributed by atoms with van der Waals surface area (Å²) in [6, 6.07) is 6.67. The number of amides is 1. The van der Waals surface area contributed by atoms with E-state index < -0.39 is 12.0 Å². The van der Waals surface area contributed by atoms with Gasteiger partial charge in [-0.15, -0.1) is 0 Å². The van der Waals surface area contributed by atoms with Crippen LogP contribution in [0.15, 0.2) is 24.3 Å². The van der Waals surface area contributed by atoms with E-state index in [1.165, 1.54) is 24.7 Å². The first kappa shape index (κ1) is 26.9. The molecule has 1 spiro atoms. The lowest BCUT2D eigenvalue weighted by atomic mass is 9.84. The standard InChI is InChI=1S/C27H34Cl2N2O5/c1-26(2,3)20-10-17(28)9-16-13-27(36-24(16)20)5-7-31(8-6-27)14-18(32)15-35-23-12-22(33)21(29)11-19(23)25(34)30-4/h9-12,18,32-33H,5-8,13-15H2,1-4H3,(H,30,34)/t18-/m0/s1. The zero-order chi connectivity index (χ0) is 26.3. The van der Waals surface area contributed by atoms with E-state index in [2.05, 4.69) is 31.0 Å². The minimum atomic E-state index is -0.776. The molecule has 1 amide bonds. The molecule has 3 N–H and O–H groups in total. The van der Waals surface area contributed by atoms with Crippen molar-refractivity contribution in [1.29, 1.82) is 0 Å². The molecule has 1 atom stereocenters. The molecular weight excluding hydrogens is 503 g/mol. The van der Waals surface area contributed by atoms with E-state index in [-0.39, 0.29) is 39.7 Å². The molecule has 36 heavy (non-hydrogen) atoms. The van der Waals surface area contributed by atoms with Crippen molar-refractivity contribution < 1.29 is 24.5 Å². The SMILES string of the molecule is CNC(=O)c1cc(Cl)c(O)cc1OC[C@@H](O)CN1CCC2(CC1)Cc1cc(Cl)cc(C(C)(C)C)c1O2. The lowest BCUT2D eigenvalue weighted by molar-refractivity contribution is -0.00264. The number of carbonyl (C=O) groups excluding carboxylic acids is 1. The monoisotopic (exact) mass is 536 g/mol. The van der Waals surface area contributed by atoms with E-state index >= 15 is 0 Å². The molecule has 0 aliphatic carbocycles. The Hall–Kier alpha value is -2.19. The van der Waals surface area contributed by atoms with Gasteiger partial charge in [0, 0.05) is 62.6 Å². The highest BCUT2D eigenvalue weighted by molar-refractivity contribution is 6.32. The summed E-state index contributed by atoms with van der Waals surface area (Å²) in [5.74, 6) is 0.560. The highest BCUT2D eigenvalue weighted by Crippen LogP contribution is 2.47. The van der Waals surface area contributed by atoms with E-state index in [1.54, 1.807) is 0 Å². The molecule has 9 heteroatoms. The summed E-state index contributed by atoms with van der Waals surface area (Å²) in [7, 11) is 1.50. The molecule has 0 aromatic heterocycles. The number of aliphatic hydroxyl groups is 1. The summed E-state index contributed by atoms with van der Waals surface area (Å²) in [6.45, 7) is 8.48. The quantitative estimate of drug-likeness (QED) is 0.501. The van der Waals surface area contributed by atoms with Crippen LogP contribution in [0.4, 0.5) is 0 Å². The maximum Gasteiger partial charge on any atom is 0.254 e. The fraction of sp³-hybridized carbons (Fsp3) is 0.519. The summed E-state index contributed by atoms with van der Waals surface area (Å²) >= 11 is 12.4. The number of nitrogens with zero attached hydrogens (tertiary/aromatic N) is 1. The van der Waals surface area contributed by atoms with Crippen LogP contribution in [0.5, 0.6) is 17.2 Å². The molecule has 0 radical (unpaired) electrons. The van der Waals surface area contributed by atoms with Gasteiger partial charge in [-0.3, -0.25) is 4.79 Å². The molecule has 4 rings (SSSR count). The molecule has 0 unspecified atom stereocenters. The van der Waals surface area contributed by atoms with Crippen molar-refractivity contribution in [2.45, 2.75) is 57.2 Å². The number of β-amino-alcohol motifs (C(OH)–C–C–N with tert-alkyl or cyclic N) is 1. The first-order chi connectivity index (χ1) is 16.9. The van der Waals surface area contributed by atoms with Gasteiger partial charge in [0.25, 0.3) is 5.91 Å². The number of aromatic hydroxyl groups is 1. The van der Waals surface area contributed by atoms with Crippen LogP contribution in [0.3, 0.4) is 0 Å². The van der Waals surface area contributed by atoms with Crippen molar-refractivity contribution in [2.75, 3.05) is 33.3 Å². The Labute approximate surface area is 222 Å². The number of hydrogen-bond donors (Lipinski definition) is 3. The van der Waals surface area contributed by atoms with Crippen molar-refractivity contribution in [3.05, 3.63) is 51.0 Å². The van der Waals surface area contributed by atoms with Crippen molar-refractivity contribution >= 4 is 29.1 Å². The topological polar surface area (TPSA) is 91.3 Å². The van der Waals surface area contributed by atoms with Gasteiger partial charge in [0.1, 0.15) is 35.6 Å². The highest BCUT2D eigenvalue weighted by Gasteiger charge is 2.44. The summed E-state index contributed by atoms with van der Waals surface area (Å²) < 4.78 is 12.3. The molecule has 7 nitrogen and oxygen atoms in total. The van der Waals surface area contributed by atoms with Crippen LogP contribution in [0, 0.1) is 0 Å². The van der Waals surface area contributed by atoms with Crippen LogP contribution < -0.4 is 14.8 Å². The van der Waals surface area contributed by atoms with Gasteiger partial charge >= 0.3 is 0 Å². The molecule has 1 saturated heterocycles. The molecule has 2 aromatic rings. The average Bonchev–Trinajstić information content (AvgIpc) is 3.16. The molecular formula is C27H34Cl2N2O5. The molecule has 0 saturated carbocycles. The number of benzene rings is 2. The van der Waals surface area contributed by atoms with Crippen LogP contribution in [0.2, 0.25) is 10.0 Å². The first-order valence-corrected chi connectivity index (χ1v) is 13.0. The fourth-order valence-electron chi connectivity index (χ4n) is 4.99. The third-order valence-corrected chi connectivity index (χ3v) is 7.48. The zero-order valence-electron chi connectivity index (χ0n) is 21.2. The van der Waals surface area contributed by atoms with Crippen molar-refractivity contribution in [3.8, 4) is 17.2 Å². The van der Waals surface area contributed by atoms with E-state index in [0.717, 1.165) is 48.7 Å². The largest absolute Gasteiger partial charge is 0.506 e. The second kappa shape index (κ2) is 10.3. The van der Waals surface area contributed by atoms with Crippen LogP contribution >= 0.6 is 23.2 Å². The number of piperidine rings is 1. The van der Waals surface area contributed by atoms with Crippen LogP contribution in [0.1, 0.15) is 55.1 Å². The molecule has 1 fully saturated rings. The van der Waals surface area contributed by atoms with E-state index in [1.807, 2.05) is 12.1 Å². The van der Waals surface area contributed by atoms with Crippen molar-refractivity contribution in [2.24, 2.45) is 0 Å². The van der Waals surface area contributed by atoms with Gasteiger partial charge in [-0.25, -0.2) is 0 Å².